The Labute approximate surface area is 351 Å². The van der Waals surface area contributed by atoms with Crippen molar-refractivity contribution >= 4 is 35.9 Å². The van der Waals surface area contributed by atoms with E-state index >= 15 is 4.79 Å². The van der Waals surface area contributed by atoms with Crippen LogP contribution < -0.4 is 5.32 Å². The number of hydrogen-bond acceptors (Lipinski definition) is 17. The molecule has 11 atom stereocenters. The van der Waals surface area contributed by atoms with E-state index in [1.807, 2.05) is 0 Å². The van der Waals surface area contributed by atoms with Crippen LogP contribution in [0.4, 0.5) is 9.59 Å². The van der Waals surface area contributed by atoms with Gasteiger partial charge in [-0.3, -0.25) is 9.59 Å². The third-order valence-corrected chi connectivity index (χ3v) is 12.6. The lowest BCUT2D eigenvalue weighted by molar-refractivity contribution is -0.344. The van der Waals surface area contributed by atoms with Crippen molar-refractivity contribution < 1.29 is 81.7 Å². The Hall–Kier alpha value is -5.30. The van der Waals surface area contributed by atoms with Gasteiger partial charge >= 0.3 is 30.2 Å². The first-order chi connectivity index (χ1) is 28.4. The van der Waals surface area contributed by atoms with Gasteiger partial charge in [0.2, 0.25) is 0 Å². The Morgan fingerprint density at radius 2 is 1.66 bits per heavy atom. The summed E-state index contributed by atoms with van der Waals surface area (Å²) in [5.41, 5.74) is -9.04. The number of ketones is 1. The van der Waals surface area contributed by atoms with Gasteiger partial charge in [0.15, 0.2) is 23.6 Å². The molecule has 18 nitrogen and oxygen atoms in total. The number of Topliss-reactive ketones (excluding diaryl/α,β-unsaturated/α-hetero) is 1. The molecule has 2 aromatic rings. The van der Waals surface area contributed by atoms with Crippen LogP contribution in [0.1, 0.15) is 90.4 Å². The number of fused-ring (bicyclic) bond motifs is 5. The molecule has 2 heterocycles. The van der Waals surface area contributed by atoms with Gasteiger partial charge in [-0.15, -0.1) is 0 Å². The normalized spacial score (nSPS) is 32.5. The number of carbonyl (C=O) groups excluding carboxylic acids is 6. The quantitative estimate of drug-likeness (QED) is 0.160. The molecule has 1 aromatic heterocycles. The topological polar surface area (TPSA) is 253 Å². The largest absolute Gasteiger partial charge is 0.508 e. The van der Waals surface area contributed by atoms with Crippen LogP contribution in [0.25, 0.3) is 0 Å². The number of amides is 1. The fraction of sp³-hybridized carbons (Fsp3) is 0.581. The molecule has 0 radical (unpaired) electrons. The lowest BCUT2D eigenvalue weighted by Crippen LogP contribution is -2.82. The number of aliphatic hydroxyl groups is 3. The first kappa shape index (κ1) is 45.2. The minimum Gasteiger partial charge on any atom is -0.467 e. The Morgan fingerprint density at radius 3 is 2.21 bits per heavy atom. The van der Waals surface area contributed by atoms with E-state index in [-0.39, 0.29) is 28.9 Å². The number of hydrogen-bond donors (Lipinski definition) is 4. The van der Waals surface area contributed by atoms with Crippen molar-refractivity contribution in [3.63, 3.8) is 0 Å². The van der Waals surface area contributed by atoms with Gasteiger partial charge in [0.25, 0.3) is 0 Å². The van der Waals surface area contributed by atoms with Crippen molar-refractivity contribution in [2.75, 3.05) is 13.7 Å². The maximum absolute atomic E-state index is 15.5. The van der Waals surface area contributed by atoms with Crippen molar-refractivity contribution in [3.05, 3.63) is 71.2 Å². The lowest BCUT2D eigenvalue weighted by atomic mass is 9.44. The Kier molecular flexibility index (Phi) is 12.0. The molecule has 0 spiro atoms. The third-order valence-electron chi connectivity index (χ3n) is 12.6. The molecule has 1 aromatic carbocycles. The number of benzene rings is 1. The maximum atomic E-state index is 15.5. The number of rotatable bonds is 9. The maximum Gasteiger partial charge on any atom is 0.508 e. The van der Waals surface area contributed by atoms with E-state index in [0.29, 0.717) is 0 Å². The fourth-order valence-corrected chi connectivity index (χ4v) is 9.50. The molecule has 2 saturated carbocycles. The first-order valence-electron chi connectivity index (χ1n) is 19.8. The van der Waals surface area contributed by atoms with Crippen LogP contribution in [0.15, 0.2) is 64.3 Å². The Bertz CT molecular complexity index is 2070. The first-order valence-corrected chi connectivity index (χ1v) is 19.8. The number of esters is 3. The summed E-state index contributed by atoms with van der Waals surface area (Å²) in [6, 6.07) is 9.03. The third kappa shape index (κ3) is 7.78. The van der Waals surface area contributed by atoms with Crippen LogP contribution in [0, 0.1) is 16.7 Å². The van der Waals surface area contributed by atoms with E-state index in [2.05, 4.69) is 5.32 Å². The molecule has 2 unspecified atom stereocenters. The van der Waals surface area contributed by atoms with Crippen molar-refractivity contribution in [3.8, 4) is 0 Å². The molecule has 1 aliphatic heterocycles. The lowest BCUT2D eigenvalue weighted by Gasteiger charge is -2.67. The molecule has 1 amide bonds. The number of aliphatic hydroxyl groups excluding tert-OH is 2. The van der Waals surface area contributed by atoms with Crippen molar-refractivity contribution in [1.82, 2.24) is 5.32 Å². The minimum atomic E-state index is -2.45. The molecule has 61 heavy (non-hydrogen) atoms. The molecule has 6 rings (SSSR count). The molecule has 3 fully saturated rings. The zero-order valence-corrected chi connectivity index (χ0v) is 35.4. The van der Waals surface area contributed by atoms with E-state index in [4.69, 9.17) is 37.6 Å². The van der Waals surface area contributed by atoms with Gasteiger partial charge in [-0.1, -0.05) is 32.0 Å². The van der Waals surface area contributed by atoms with Gasteiger partial charge in [-0.25, -0.2) is 19.2 Å². The van der Waals surface area contributed by atoms with Gasteiger partial charge in [-0.05, 0) is 70.0 Å². The van der Waals surface area contributed by atoms with E-state index in [9.17, 15) is 39.3 Å². The summed E-state index contributed by atoms with van der Waals surface area (Å²) in [6.45, 7) is 11.4. The SMILES string of the molecule is COC(=O)O[C@@]12CO[C@@H]1C[C@H](O)[C@@]1(C)C(=O)[C@H](OC(C)=O)C3=C(C)[C@@H](OC(=O)[C@H](O)C(NC(=O)OC(C)(C)C)c4ccco4)C[C@@](O)([C@@H](OC(=O)c4ccccc4)C12)C3(C)C. The van der Waals surface area contributed by atoms with Crippen molar-refractivity contribution in [1.29, 1.82) is 0 Å². The molecular formula is C43H53NO17. The van der Waals surface area contributed by atoms with Crippen molar-refractivity contribution in [2.24, 2.45) is 16.7 Å². The minimum absolute atomic E-state index is 0.0350. The summed E-state index contributed by atoms with van der Waals surface area (Å²) in [4.78, 5) is 82.8. The van der Waals surface area contributed by atoms with E-state index in [1.165, 1.54) is 58.2 Å². The summed E-state index contributed by atoms with van der Waals surface area (Å²) in [5.74, 6) is -5.83. The highest BCUT2D eigenvalue weighted by Gasteiger charge is 2.78. The van der Waals surface area contributed by atoms with Gasteiger partial charge in [0.1, 0.15) is 41.3 Å². The van der Waals surface area contributed by atoms with Gasteiger partial charge in [-0.2, -0.15) is 0 Å². The smallest absolute Gasteiger partial charge is 0.467 e. The molecule has 2 bridgehead atoms. The van der Waals surface area contributed by atoms with Crippen LogP contribution >= 0.6 is 0 Å². The fourth-order valence-electron chi connectivity index (χ4n) is 9.50. The summed E-state index contributed by atoms with van der Waals surface area (Å²) in [6.07, 6.45) is -12.0. The second-order valence-electron chi connectivity index (χ2n) is 17.7. The standard InChI is InChI=1S/C43H53NO17/c1-21-25(58-36(50)30(47)29(24-16-13-17-55-24)44-37(51)60-39(3,4)5)19-43(53)34(59-35(49)23-14-11-10-12-15-23)32-41(8,33(48)31(57-22(2)45)28(21)40(43,6)7)26(46)18-27-42(32,20-56-27)61-38(52)54-9/h10-17,25-27,29-32,34,46-47,53H,18-20H2,1-9H3,(H,44,51)/t25-,26-,27+,29?,30+,31+,32?,34-,41+,42-,43+/m0/s1. The average molecular weight is 856 g/mol. The summed E-state index contributed by atoms with van der Waals surface area (Å²) in [5, 5.41) is 39.6. The monoisotopic (exact) mass is 855 g/mol. The predicted octanol–water partition coefficient (Wildman–Crippen LogP) is 3.64. The highest BCUT2D eigenvalue weighted by molar-refractivity contribution is 5.95. The highest BCUT2D eigenvalue weighted by atomic mass is 16.8. The van der Waals surface area contributed by atoms with Gasteiger partial charge in [0.05, 0.1) is 43.0 Å². The zero-order chi connectivity index (χ0) is 45.0. The van der Waals surface area contributed by atoms with Crippen molar-refractivity contribution in [2.45, 2.75) is 128 Å². The van der Waals surface area contributed by atoms with E-state index < -0.39 is 125 Å². The second-order valence-corrected chi connectivity index (χ2v) is 17.7. The number of alkyl carbamates (subject to hydrolysis) is 1. The van der Waals surface area contributed by atoms with E-state index in [1.54, 1.807) is 39.0 Å². The molecule has 1 saturated heterocycles. The van der Waals surface area contributed by atoms with Crippen LogP contribution in [0.2, 0.25) is 0 Å². The number of ether oxygens (including phenoxy) is 7. The van der Waals surface area contributed by atoms with Crippen LogP contribution in [0.3, 0.4) is 0 Å². The molecule has 18 heteroatoms. The number of furan rings is 1. The second kappa shape index (κ2) is 16.2. The van der Waals surface area contributed by atoms with Crippen LogP contribution in [-0.4, -0.2) is 118 Å². The average Bonchev–Trinajstić information content (AvgIpc) is 3.72. The summed E-state index contributed by atoms with van der Waals surface area (Å²) < 4.78 is 45.6. The molecular weight excluding hydrogens is 802 g/mol. The Morgan fingerprint density at radius 1 is 0.984 bits per heavy atom. The van der Waals surface area contributed by atoms with E-state index in [0.717, 1.165) is 14.0 Å². The van der Waals surface area contributed by atoms with Gasteiger partial charge < -0.3 is 58.2 Å². The number of nitrogens with one attached hydrogen (secondary N) is 1. The van der Waals surface area contributed by atoms with Gasteiger partial charge in [0, 0.05) is 25.2 Å². The molecule has 4 aliphatic rings. The number of carbonyl (C=O) groups is 6. The zero-order valence-electron chi connectivity index (χ0n) is 35.4. The highest BCUT2D eigenvalue weighted by Crippen LogP contribution is 2.64. The Balaban J connectivity index is 1.54. The molecule has 4 N–H and O–H groups in total. The number of methoxy groups -OCH3 is 1. The molecule has 3 aliphatic carbocycles. The van der Waals surface area contributed by atoms with Crippen LogP contribution in [-0.2, 0) is 47.5 Å². The molecule has 332 valence electrons. The van der Waals surface area contributed by atoms with Crippen LogP contribution in [0.5, 0.6) is 0 Å². The summed E-state index contributed by atoms with van der Waals surface area (Å²) >= 11 is 0. The predicted molar refractivity (Wildman–Crippen MR) is 207 cm³/mol. The summed E-state index contributed by atoms with van der Waals surface area (Å²) in [7, 11) is 1.06.